The molecule has 0 saturated carbocycles. The van der Waals surface area contributed by atoms with Crippen LogP contribution in [0.2, 0.25) is 0 Å². The number of aromatic nitrogens is 1. The molecule has 0 radical (unpaired) electrons. The molecule has 0 aliphatic carbocycles. The Labute approximate surface area is 112 Å². The molecule has 0 N–H and O–H groups in total. The molecule has 0 amide bonds. The van der Waals surface area contributed by atoms with Gasteiger partial charge in [-0.1, -0.05) is 18.2 Å². The van der Waals surface area contributed by atoms with Crippen LogP contribution in [0.25, 0.3) is 11.5 Å². The number of carbonyl (C=O) groups excluding carboxylic acids is 1. The summed E-state index contributed by atoms with van der Waals surface area (Å²) in [4.78, 5) is 15.1. The van der Waals surface area contributed by atoms with E-state index in [-0.39, 0.29) is 12.5 Å². The van der Waals surface area contributed by atoms with Crippen LogP contribution >= 0.6 is 0 Å². The Kier molecular flexibility index (Phi) is 3.78. The summed E-state index contributed by atoms with van der Waals surface area (Å²) < 4.78 is 47.8. The summed E-state index contributed by atoms with van der Waals surface area (Å²) in [5.74, 6) is -2.89. The first-order valence-corrected chi connectivity index (χ1v) is 5.74. The molecule has 0 unspecified atom stereocenters. The van der Waals surface area contributed by atoms with Gasteiger partial charge in [-0.2, -0.15) is 13.2 Å². The van der Waals surface area contributed by atoms with Crippen molar-refractivity contribution in [3.8, 4) is 11.5 Å². The van der Waals surface area contributed by atoms with Crippen LogP contribution in [-0.4, -0.2) is 17.6 Å². The van der Waals surface area contributed by atoms with E-state index in [2.05, 4.69) is 9.72 Å². The number of hydrogen-bond donors (Lipinski definition) is 0. The first-order valence-electron chi connectivity index (χ1n) is 5.74. The Hall–Kier alpha value is -2.31. The Morgan fingerprint density at radius 2 is 1.95 bits per heavy atom. The van der Waals surface area contributed by atoms with Crippen molar-refractivity contribution < 1.29 is 27.1 Å². The van der Waals surface area contributed by atoms with E-state index < -0.39 is 23.6 Å². The third kappa shape index (κ3) is 2.81. The number of hydrogen-bond acceptors (Lipinski definition) is 4. The van der Waals surface area contributed by atoms with Crippen molar-refractivity contribution in [1.82, 2.24) is 4.98 Å². The number of rotatable bonds is 3. The van der Waals surface area contributed by atoms with Gasteiger partial charge in [0.15, 0.2) is 5.69 Å². The first kappa shape index (κ1) is 14.1. The van der Waals surface area contributed by atoms with E-state index in [0.29, 0.717) is 5.56 Å². The second kappa shape index (κ2) is 5.36. The topological polar surface area (TPSA) is 52.3 Å². The zero-order valence-corrected chi connectivity index (χ0v) is 10.4. The SMILES string of the molecule is CCOC(=O)c1nc(-c2ccccc2)oc1C(F)(F)F. The van der Waals surface area contributed by atoms with E-state index in [0.717, 1.165) is 0 Å². The smallest absolute Gasteiger partial charge is 0.452 e. The van der Waals surface area contributed by atoms with Crippen molar-refractivity contribution >= 4 is 5.97 Å². The summed E-state index contributed by atoms with van der Waals surface area (Å²) in [6, 6.07) is 8.00. The zero-order valence-electron chi connectivity index (χ0n) is 10.4. The van der Waals surface area contributed by atoms with Crippen molar-refractivity contribution in [3.63, 3.8) is 0 Å². The number of benzene rings is 1. The van der Waals surface area contributed by atoms with Crippen LogP contribution in [0.1, 0.15) is 23.2 Å². The molecule has 1 aromatic carbocycles. The minimum absolute atomic E-state index is 0.0519. The lowest BCUT2D eigenvalue weighted by molar-refractivity contribution is -0.153. The highest BCUT2D eigenvalue weighted by molar-refractivity contribution is 5.89. The second-order valence-corrected chi connectivity index (χ2v) is 3.78. The van der Waals surface area contributed by atoms with Crippen LogP contribution in [0.5, 0.6) is 0 Å². The molecule has 4 nitrogen and oxygen atoms in total. The molecular formula is C13H10F3NO3. The molecule has 20 heavy (non-hydrogen) atoms. The third-order valence-electron chi connectivity index (χ3n) is 2.37. The second-order valence-electron chi connectivity index (χ2n) is 3.78. The van der Waals surface area contributed by atoms with E-state index in [1.165, 1.54) is 19.1 Å². The monoisotopic (exact) mass is 285 g/mol. The molecule has 0 aliphatic heterocycles. The lowest BCUT2D eigenvalue weighted by atomic mass is 10.2. The molecule has 0 spiro atoms. The lowest BCUT2D eigenvalue weighted by Gasteiger charge is -2.03. The summed E-state index contributed by atoms with van der Waals surface area (Å²) in [6.07, 6.45) is -4.82. The van der Waals surface area contributed by atoms with Crippen molar-refractivity contribution in [2.24, 2.45) is 0 Å². The lowest BCUT2D eigenvalue weighted by Crippen LogP contribution is -2.13. The van der Waals surface area contributed by atoms with Gasteiger partial charge in [0.1, 0.15) is 0 Å². The third-order valence-corrected chi connectivity index (χ3v) is 2.37. The van der Waals surface area contributed by atoms with E-state index in [4.69, 9.17) is 4.42 Å². The highest BCUT2D eigenvalue weighted by atomic mass is 19.4. The molecule has 2 aromatic rings. The van der Waals surface area contributed by atoms with Gasteiger partial charge in [-0.3, -0.25) is 0 Å². The van der Waals surface area contributed by atoms with Gasteiger partial charge in [0.2, 0.25) is 11.7 Å². The van der Waals surface area contributed by atoms with Gasteiger partial charge < -0.3 is 9.15 Å². The minimum atomic E-state index is -4.82. The normalized spacial score (nSPS) is 11.4. The van der Waals surface area contributed by atoms with Crippen LogP contribution in [-0.2, 0) is 10.9 Å². The molecule has 7 heteroatoms. The zero-order chi connectivity index (χ0) is 14.8. The molecule has 0 aliphatic rings. The Bertz CT molecular complexity index is 605. The van der Waals surface area contributed by atoms with Crippen LogP contribution in [0, 0.1) is 0 Å². The number of nitrogens with zero attached hydrogens (tertiary/aromatic N) is 1. The van der Waals surface area contributed by atoms with E-state index in [9.17, 15) is 18.0 Å². The predicted molar refractivity (Wildman–Crippen MR) is 62.9 cm³/mol. The van der Waals surface area contributed by atoms with Crippen LogP contribution < -0.4 is 0 Å². The van der Waals surface area contributed by atoms with Gasteiger partial charge in [0.25, 0.3) is 0 Å². The van der Waals surface area contributed by atoms with Gasteiger partial charge in [0.05, 0.1) is 6.61 Å². The molecular weight excluding hydrogens is 275 g/mol. The summed E-state index contributed by atoms with van der Waals surface area (Å²) in [5.41, 5.74) is -0.522. The Morgan fingerprint density at radius 1 is 1.30 bits per heavy atom. The molecule has 0 fully saturated rings. The highest BCUT2D eigenvalue weighted by Crippen LogP contribution is 2.35. The number of ether oxygens (including phenoxy) is 1. The molecule has 1 heterocycles. The number of esters is 1. The predicted octanol–water partition coefficient (Wildman–Crippen LogP) is 3.54. The van der Waals surface area contributed by atoms with Gasteiger partial charge in [0, 0.05) is 5.56 Å². The van der Waals surface area contributed by atoms with Gasteiger partial charge >= 0.3 is 12.1 Å². The molecule has 0 atom stereocenters. The van der Waals surface area contributed by atoms with Gasteiger partial charge in [-0.15, -0.1) is 0 Å². The summed E-state index contributed by atoms with van der Waals surface area (Å²) in [5, 5.41) is 0. The van der Waals surface area contributed by atoms with Crippen molar-refractivity contribution in [2.45, 2.75) is 13.1 Å². The summed E-state index contributed by atoms with van der Waals surface area (Å²) >= 11 is 0. The Balaban J connectivity index is 2.50. The molecule has 106 valence electrons. The van der Waals surface area contributed by atoms with E-state index >= 15 is 0 Å². The van der Waals surface area contributed by atoms with E-state index in [1.807, 2.05) is 0 Å². The van der Waals surface area contributed by atoms with Gasteiger partial charge in [-0.25, -0.2) is 9.78 Å². The highest BCUT2D eigenvalue weighted by Gasteiger charge is 2.42. The fourth-order valence-electron chi connectivity index (χ4n) is 1.55. The van der Waals surface area contributed by atoms with E-state index in [1.54, 1.807) is 18.2 Å². The Morgan fingerprint density at radius 3 is 2.50 bits per heavy atom. The van der Waals surface area contributed by atoms with Gasteiger partial charge in [-0.05, 0) is 19.1 Å². The number of oxazole rings is 1. The number of halogens is 3. The maximum absolute atomic E-state index is 12.8. The number of carbonyl (C=O) groups is 1. The average Bonchev–Trinajstić information content (AvgIpc) is 2.85. The number of alkyl halides is 3. The maximum Gasteiger partial charge on any atom is 0.452 e. The van der Waals surface area contributed by atoms with Crippen molar-refractivity contribution in [3.05, 3.63) is 41.8 Å². The van der Waals surface area contributed by atoms with Crippen molar-refractivity contribution in [2.75, 3.05) is 6.61 Å². The standard InChI is InChI=1S/C13H10F3NO3/c1-2-19-12(18)9-10(13(14,15)16)20-11(17-9)8-6-4-3-5-7-8/h3-7H,2H2,1H3. The quantitative estimate of drug-likeness (QED) is 0.809. The minimum Gasteiger partial charge on any atom is -0.461 e. The van der Waals surface area contributed by atoms with Crippen LogP contribution in [0.3, 0.4) is 0 Å². The summed E-state index contributed by atoms with van der Waals surface area (Å²) in [6.45, 7) is 1.44. The summed E-state index contributed by atoms with van der Waals surface area (Å²) in [7, 11) is 0. The van der Waals surface area contributed by atoms with Crippen molar-refractivity contribution in [1.29, 1.82) is 0 Å². The molecule has 2 rings (SSSR count). The molecule has 0 saturated heterocycles. The fraction of sp³-hybridized carbons (Fsp3) is 0.231. The average molecular weight is 285 g/mol. The fourth-order valence-corrected chi connectivity index (χ4v) is 1.55. The molecule has 0 bridgehead atoms. The largest absolute Gasteiger partial charge is 0.461 e. The maximum atomic E-state index is 12.8. The van der Waals surface area contributed by atoms with Crippen LogP contribution in [0.15, 0.2) is 34.7 Å². The van der Waals surface area contributed by atoms with Crippen LogP contribution in [0.4, 0.5) is 13.2 Å². The molecule has 1 aromatic heterocycles. The first-order chi connectivity index (χ1) is 9.43.